The second-order valence-electron chi connectivity index (χ2n) is 4.12. The Morgan fingerprint density at radius 2 is 2.00 bits per heavy atom. The van der Waals surface area contributed by atoms with Gasteiger partial charge >= 0.3 is 0 Å². The summed E-state index contributed by atoms with van der Waals surface area (Å²) in [6, 6.07) is 6.41. The first-order valence-corrected chi connectivity index (χ1v) is 7.65. The summed E-state index contributed by atoms with van der Waals surface area (Å²) < 4.78 is 0.709. The molecule has 0 aliphatic carbocycles. The van der Waals surface area contributed by atoms with Gasteiger partial charge in [0.15, 0.2) is 0 Å². The summed E-state index contributed by atoms with van der Waals surface area (Å²) in [5.41, 5.74) is 0.137. The summed E-state index contributed by atoms with van der Waals surface area (Å²) in [4.78, 5) is 20.0. The maximum absolute atomic E-state index is 12.1. The van der Waals surface area contributed by atoms with Crippen molar-refractivity contribution in [1.29, 1.82) is 5.26 Å². The highest BCUT2D eigenvalue weighted by Crippen LogP contribution is 2.25. The Bertz CT molecular complexity index is 802. The molecule has 6 nitrogen and oxygen atoms in total. The van der Waals surface area contributed by atoms with Crippen LogP contribution < -0.4 is 10.6 Å². The second kappa shape index (κ2) is 7.92. The minimum atomic E-state index is -0.638. The molecule has 1 aromatic heterocycles. The van der Waals surface area contributed by atoms with Crippen LogP contribution in [0.4, 0.5) is 11.6 Å². The number of hydrogen-bond donors (Lipinski definition) is 2. The first kappa shape index (κ1) is 17.2. The van der Waals surface area contributed by atoms with Gasteiger partial charge in [-0.1, -0.05) is 23.2 Å². The molecule has 0 aliphatic heterocycles. The molecule has 23 heavy (non-hydrogen) atoms. The largest absolute Gasteiger partial charge is 0.329 e. The summed E-state index contributed by atoms with van der Waals surface area (Å²) in [5, 5.41) is 15.0. The van der Waals surface area contributed by atoms with Crippen LogP contribution in [0.3, 0.4) is 0 Å². The Balaban J connectivity index is 2.12. The first-order chi connectivity index (χ1) is 11.0. The van der Waals surface area contributed by atoms with Crippen molar-refractivity contribution in [3.8, 4) is 6.07 Å². The zero-order chi connectivity index (χ0) is 16.8. The van der Waals surface area contributed by atoms with Crippen LogP contribution in [0.25, 0.3) is 0 Å². The average Bonchev–Trinajstić information content (AvgIpc) is 2.53. The summed E-state index contributed by atoms with van der Waals surface area (Å²) >= 11 is 15.0. The Hall–Kier alpha value is -2.14. The van der Waals surface area contributed by atoms with Gasteiger partial charge in [-0.05, 0) is 34.1 Å². The van der Waals surface area contributed by atoms with E-state index in [1.165, 1.54) is 24.7 Å². The molecule has 2 aromatic rings. The van der Waals surface area contributed by atoms with Crippen molar-refractivity contribution in [3.05, 3.63) is 56.9 Å². The molecule has 116 valence electrons. The van der Waals surface area contributed by atoms with Gasteiger partial charge in [0.1, 0.15) is 11.6 Å². The third-order valence-electron chi connectivity index (χ3n) is 2.51. The number of halogens is 3. The van der Waals surface area contributed by atoms with Gasteiger partial charge in [-0.3, -0.25) is 4.79 Å². The molecule has 0 aliphatic rings. The molecular formula is C14H8BrCl2N5O. The Morgan fingerprint density at radius 1 is 1.30 bits per heavy atom. The molecule has 0 bridgehead atoms. The molecule has 1 aromatic carbocycles. The number of nitrogens with zero attached hydrogens (tertiary/aromatic N) is 3. The number of nitriles is 1. The number of benzene rings is 1. The van der Waals surface area contributed by atoms with Crippen molar-refractivity contribution in [3.63, 3.8) is 0 Å². The molecule has 9 heteroatoms. The molecule has 0 saturated carbocycles. The van der Waals surface area contributed by atoms with Crippen molar-refractivity contribution in [1.82, 2.24) is 9.97 Å². The third-order valence-corrected chi connectivity index (χ3v) is 3.48. The minimum absolute atomic E-state index is 0.174. The predicted molar refractivity (Wildman–Crippen MR) is 92.1 cm³/mol. The zero-order valence-corrected chi connectivity index (χ0v) is 14.4. The van der Waals surface area contributed by atoms with Crippen LogP contribution in [-0.2, 0) is 4.79 Å². The van der Waals surface area contributed by atoms with E-state index in [1.54, 1.807) is 18.2 Å². The number of amides is 1. The summed E-state index contributed by atoms with van der Waals surface area (Å²) in [6.45, 7) is 0. The van der Waals surface area contributed by atoms with Crippen molar-refractivity contribution in [2.24, 2.45) is 0 Å². The predicted octanol–water partition coefficient (Wildman–Crippen LogP) is 4.00. The van der Waals surface area contributed by atoms with E-state index in [4.69, 9.17) is 28.5 Å². The number of nitrogens with one attached hydrogen (secondary N) is 2. The highest BCUT2D eigenvalue weighted by atomic mass is 79.9. The Kier molecular flexibility index (Phi) is 5.93. The average molecular weight is 413 g/mol. The van der Waals surface area contributed by atoms with Crippen molar-refractivity contribution in [2.75, 3.05) is 10.6 Å². The van der Waals surface area contributed by atoms with Crippen LogP contribution in [0.1, 0.15) is 0 Å². The van der Waals surface area contributed by atoms with Gasteiger partial charge in [0.25, 0.3) is 5.91 Å². The van der Waals surface area contributed by atoms with Gasteiger partial charge in [0.2, 0.25) is 5.95 Å². The Morgan fingerprint density at radius 3 is 2.65 bits per heavy atom. The van der Waals surface area contributed by atoms with E-state index in [9.17, 15) is 4.79 Å². The van der Waals surface area contributed by atoms with Gasteiger partial charge in [-0.2, -0.15) is 5.26 Å². The van der Waals surface area contributed by atoms with Gasteiger partial charge in [-0.25, -0.2) is 9.97 Å². The number of carbonyl (C=O) groups is 1. The van der Waals surface area contributed by atoms with Crippen molar-refractivity contribution in [2.45, 2.75) is 0 Å². The van der Waals surface area contributed by atoms with Crippen LogP contribution in [0.15, 0.2) is 46.8 Å². The molecule has 1 amide bonds. The lowest BCUT2D eigenvalue weighted by atomic mass is 10.2. The van der Waals surface area contributed by atoms with Gasteiger partial charge in [0, 0.05) is 23.6 Å². The number of rotatable bonds is 4. The maximum Gasteiger partial charge on any atom is 0.267 e. The molecule has 0 fully saturated rings. The molecule has 0 unspecified atom stereocenters. The van der Waals surface area contributed by atoms with E-state index in [0.29, 0.717) is 20.2 Å². The normalized spacial score (nSPS) is 10.8. The quantitative estimate of drug-likeness (QED) is 0.584. The van der Waals surface area contributed by atoms with E-state index in [-0.39, 0.29) is 11.5 Å². The Labute approximate surface area is 150 Å². The molecule has 0 radical (unpaired) electrons. The molecule has 1 heterocycles. The van der Waals surface area contributed by atoms with Gasteiger partial charge < -0.3 is 10.6 Å². The van der Waals surface area contributed by atoms with Crippen molar-refractivity contribution >= 4 is 56.7 Å². The highest BCUT2D eigenvalue weighted by molar-refractivity contribution is 9.10. The maximum atomic E-state index is 12.1. The zero-order valence-electron chi connectivity index (χ0n) is 11.3. The smallest absolute Gasteiger partial charge is 0.267 e. The van der Waals surface area contributed by atoms with E-state index in [0.717, 1.165) is 0 Å². The van der Waals surface area contributed by atoms with Crippen LogP contribution in [0.2, 0.25) is 10.0 Å². The summed E-state index contributed by atoms with van der Waals surface area (Å²) in [6.07, 6.45) is 4.26. The van der Waals surface area contributed by atoms with E-state index >= 15 is 0 Å². The second-order valence-corrected chi connectivity index (χ2v) is 5.88. The number of hydrogen-bond acceptors (Lipinski definition) is 5. The number of aromatic nitrogens is 2. The standard InChI is InChI=1S/C14H8BrCl2N5O/c15-9-6-20-14(21-7-9)19-5-8(4-18)13(23)22-12-3-10(16)1-2-11(12)17/h1-3,5-7H,(H,22,23)(H,19,20,21)/b8-5-. The van der Waals surface area contributed by atoms with E-state index in [1.807, 2.05) is 0 Å². The fourth-order valence-corrected chi connectivity index (χ4v) is 2.00. The third kappa shape index (κ3) is 4.93. The molecular weight excluding hydrogens is 405 g/mol. The van der Waals surface area contributed by atoms with Crippen LogP contribution >= 0.6 is 39.1 Å². The summed E-state index contributed by atoms with van der Waals surface area (Å²) in [5.74, 6) is -0.393. The SMILES string of the molecule is N#C/C(=C/Nc1ncc(Br)cn1)C(=O)Nc1cc(Cl)ccc1Cl. The van der Waals surface area contributed by atoms with Crippen molar-refractivity contribution < 1.29 is 4.79 Å². The number of anilines is 2. The van der Waals surface area contributed by atoms with Gasteiger partial charge in [0.05, 0.1) is 15.2 Å². The van der Waals surface area contributed by atoms with Crippen LogP contribution in [-0.4, -0.2) is 15.9 Å². The van der Waals surface area contributed by atoms with E-state index < -0.39 is 5.91 Å². The summed E-state index contributed by atoms with van der Waals surface area (Å²) in [7, 11) is 0. The minimum Gasteiger partial charge on any atom is -0.329 e. The van der Waals surface area contributed by atoms with Crippen LogP contribution in [0, 0.1) is 11.3 Å². The van der Waals surface area contributed by atoms with E-state index in [2.05, 4.69) is 36.5 Å². The molecule has 0 spiro atoms. The fraction of sp³-hybridized carbons (Fsp3) is 0. The molecule has 2 rings (SSSR count). The molecule has 0 atom stereocenters. The highest BCUT2D eigenvalue weighted by Gasteiger charge is 2.12. The lowest BCUT2D eigenvalue weighted by Gasteiger charge is -2.07. The lowest BCUT2D eigenvalue weighted by molar-refractivity contribution is -0.112. The van der Waals surface area contributed by atoms with Crippen LogP contribution in [0.5, 0.6) is 0 Å². The lowest BCUT2D eigenvalue weighted by Crippen LogP contribution is -2.15. The monoisotopic (exact) mass is 411 g/mol. The fourth-order valence-electron chi connectivity index (χ4n) is 1.46. The molecule has 2 N–H and O–H groups in total. The van der Waals surface area contributed by atoms with Gasteiger partial charge in [-0.15, -0.1) is 0 Å². The first-order valence-electron chi connectivity index (χ1n) is 6.10. The topological polar surface area (TPSA) is 90.7 Å². The molecule has 0 saturated heterocycles. The number of carbonyl (C=O) groups excluding carboxylic acids is 1.